The minimum Gasteiger partial charge on any atom is -0.436 e. The molecule has 0 fully saturated rings. The third-order valence-electron chi connectivity index (χ3n) is 2.34. The summed E-state index contributed by atoms with van der Waals surface area (Å²) in [5, 5.41) is 7.71. The van der Waals surface area contributed by atoms with Crippen LogP contribution in [0.25, 0.3) is 11.0 Å². The van der Waals surface area contributed by atoms with Crippen LogP contribution in [0.2, 0.25) is 5.02 Å². The maximum atomic E-state index is 6.02. The van der Waals surface area contributed by atoms with Crippen molar-refractivity contribution in [1.82, 2.24) is 20.2 Å². The van der Waals surface area contributed by atoms with Crippen LogP contribution in [0.1, 0.15) is 0 Å². The minimum absolute atomic E-state index is 0.105. The lowest BCUT2D eigenvalue weighted by molar-refractivity contribution is 0.469. The normalized spacial score (nSPS) is 10.7. The molecule has 3 rings (SSSR count). The number of aromatic nitrogens is 4. The summed E-state index contributed by atoms with van der Waals surface area (Å²) in [4.78, 5) is 8.03. The summed E-state index contributed by atoms with van der Waals surface area (Å²) in [5.74, 6) is 0.924. The van der Waals surface area contributed by atoms with Crippen LogP contribution in [0.3, 0.4) is 0 Å². The Hall–Kier alpha value is -2.34. The van der Waals surface area contributed by atoms with Gasteiger partial charge in [0, 0.05) is 0 Å². The number of aromatic amines is 1. The second-order valence-corrected chi connectivity index (χ2v) is 3.96. The second kappa shape index (κ2) is 4.15. The van der Waals surface area contributed by atoms with E-state index in [0.717, 1.165) is 0 Å². The van der Waals surface area contributed by atoms with E-state index in [-0.39, 0.29) is 5.95 Å². The molecule has 3 N–H and O–H groups in total. The van der Waals surface area contributed by atoms with Crippen molar-refractivity contribution >= 4 is 28.6 Å². The Morgan fingerprint density at radius 3 is 2.89 bits per heavy atom. The lowest BCUT2D eigenvalue weighted by Crippen LogP contribution is -1.98. The van der Waals surface area contributed by atoms with Crippen molar-refractivity contribution in [3.8, 4) is 11.6 Å². The van der Waals surface area contributed by atoms with E-state index in [1.165, 1.54) is 0 Å². The lowest BCUT2D eigenvalue weighted by atomic mass is 10.3. The SMILES string of the molecule is Nc1nc(Oc2ccccc2Cl)c2cn[nH]c2n1. The van der Waals surface area contributed by atoms with Crippen LogP contribution in [0.4, 0.5) is 5.95 Å². The Balaban J connectivity index is 2.10. The molecule has 0 bridgehead atoms. The van der Waals surface area contributed by atoms with Crippen LogP contribution in [-0.2, 0) is 0 Å². The summed E-state index contributed by atoms with van der Waals surface area (Å²) in [7, 11) is 0. The molecule has 3 aromatic rings. The minimum atomic E-state index is 0.105. The van der Waals surface area contributed by atoms with Gasteiger partial charge in [-0.15, -0.1) is 0 Å². The number of nitrogens with one attached hydrogen (secondary N) is 1. The third kappa shape index (κ3) is 1.82. The van der Waals surface area contributed by atoms with Crippen LogP contribution < -0.4 is 10.5 Å². The first-order chi connectivity index (χ1) is 8.74. The second-order valence-electron chi connectivity index (χ2n) is 3.55. The molecule has 0 saturated carbocycles. The van der Waals surface area contributed by atoms with E-state index in [4.69, 9.17) is 22.1 Å². The molecule has 90 valence electrons. The number of hydrogen-bond donors (Lipinski definition) is 2. The number of H-pyrrole nitrogens is 1. The van der Waals surface area contributed by atoms with Gasteiger partial charge in [0.1, 0.15) is 11.1 Å². The number of nitrogen functional groups attached to an aromatic ring is 1. The van der Waals surface area contributed by atoms with Gasteiger partial charge >= 0.3 is 0 Å². The fraction of sp³-hybridized carbons (Fsp3) is 0. The number of halogens is 1. The number of nitrogens with two attached hydrogens (primary N) is 1. The maximum absolute atomic E-state index is 6.02. The molecule has 0 amide bonds. The molecule has 2 heterocycles. The number of para-hydroxylation sites is 1. The van der Waals surface area contributed by atoms with Crippen LogP contribution in [0, 0.1) is 0 Å². The molecular weight excluding hydrogens is 254 g/mol. The van der Waals surface area contributed by atoms with Crippen molar-refractivity contribution in [3.05, 3.63) is 35.5 Å². The summed E-state index contributed by atoms with van der Waals surface area (Å²) in [6.07, 6.45) is 1.57. The predicted molar refractivity (Wildman–Crippen MR) is 67.6 cm³/mol. The number of nitrogens with zero attached hydrogens (tertiary/aromatic N) is 3. The smallest absolute Gasteiger partial charge is 0.235 e. The molecule has 0 aliphatic carbocycles. The van der Waals surface area contributed by atoms with Crippen LogP contribution in [-0.4, -0.2) is 20.2 Å². The van der Waals surface area contributed by atoms with E-state index in [9.17, 15) is 0 Å². The number of anilines is 1. The van der Waals surface area contributed by atoms with Gasteiger partial charge in [0.05, 0.1) is 11.2 Å². The van der Waals surface area contributed by atoms with Gasteiger partial charge in [-0.25, -0.2) is 0 Å². The molecule has 0 spiro atoms. The summed E-state index contributed by atoms with van der Waals surface area (Å²) in [6, 6.07) is 7.11. The van der Waals surface area contributed by atoms with Gasteiger partial charge in [-0.05, 0) is 12.1 Å². The third-order valence-corrected chi connectivity index (χ3v) is 2.65. The van der Waals surface area contributed by atoms with Crippen molar-refractivity contribution < 1.29 is 4.74 Å². The van der Waals surface area contributed by atoms with Gasteiger partial charge in [0.15, 0.2) is 5.65 Å². The highest BCUT2D eigenvalue weighted by atomic mass is 35.5. The van der Waals surface area contributed by atoms with Crippen molar-refractivity contribution in [3.63, 3.8) is 0 Å². The van der Waals surface area contributed by atoms with Crippen LogP contribution in [0.5, 0.6) is 11.6 Å². The summed E-state index contributed by atoms with van der Waals surface area (Å²) >= 11 is 6.02. The highest BCUT2D eigenvalue weighted by Crippen LogP contribution is 2.31. The molecular formula is C11H8ClN5O. The standard InChI is InChI=1S/C11H8ClN5O/c12-7-3-1-2-4-8(7)18-10-6-5-14-17-9(6)15-11(13)16-10/h1-5H,(H3,13,14,15,16,17). The molecule has 18 heavy (non-hydrogen) atoms. The van der Waals surface area contributed by atoms with Crippen LogP contribution >= 0.6 is 11.6 Å². The first-order valence-corrected chi connectivity index (χ1v) is 5.51. The maximum Gasteiger partial charge on any atom is 0.235 e. The zero-order chi connectivity index (χ0) is 12.5. The number of fused-ring (bicyclic) bond motifs is 1. The van der Waals surface area contributed by atoms with Gasteiger partial charge in [-0.2, -0.15) is 15.1 Å². The van der Waals surface area contributed by atoms with Gasteiger partial charge < -0.3 is 10.5 Å². The number of rotatable bonds is 2. The summed E-state index contributed by atoms with van der Waals surface area (Å²) in [5.41, 5.74) is 6.11. The van der Waals surface area contributed by atoms with Crippen molar-refractivity contribution in [2.24, 2.45) is 0 Å². The predicted octanol–water partition coefficient (Wildman–Crippen LogP) is 2.38. The van der Waals surface area contributed by atoms with Gasteiger partial charge in [-0.3, -0.25) is 5.10 Å². The molecule has 0 atom stereocenters. The fourth-order valence-corrected chi connectivity index (χ4v) is 1.71. The van der Waals surface area contributed by atoms with E-state index >= 15 is 0 Å². The van der Waals surface area contributed by atoms with Gasteiger partial charge in [-0.1, -0.05) is 23.7 Å². The largest absolute Gasteiger partial charge is 0.436 e. The molecule has 0 aliphatic heterocycles. The lowest BCUT2D eigenvalue weighted by Gasteiger charge is -2.07. The number of ether oxygens (including phenoxy) is 1. The highest BCUT2D eigenvalue weighted by Gasteiger charge is 2.11. The first kappa shape index (κ1) is 10.8. The molecule has 1 aromatic carbocycles. The molecule has 0 aliphatic rings. The molecule has 7 heteroatoms. The number of hydrogen-bond acceptors (Lipinski definition) is 5. The average Bonchev–Trinajstić information content (AvgIpc) is 2.80. The zero-order valence-electron chi connectivity index (χ0n) is 9.09. The quantitative estimate of drug-likeness (QED) is 0.739. The molecule has 0 saturated heterocycles. The topological polar surface area (TPSA) is 89.7 Å². The average molecular weight is 262 g/mol. The molecule has 6 nitrogen and oxygen atoms in total. The zero-order valence-corrected chi connectivity index (χ0v) is 9.85. The van der Waals surface area contributed by atoms with Crippen molar-refractivity contribution in [1.29, 1.82) is 0 Å². The van der Waals surface area contributed by atoms with Crippen LogP contribution in [0.15, 0.2) is 30.5 Å². The summed E-state index contributed by atoms with van der Waals surface area (Å²) < 4.78 is 5.64. The van der Waals surface area contributed by atoms with Crippen molar-refractivity contribution in [2.75, 3.05) is 5.73 Å². The van der Waals surface area contributed by atoms with Gasteiger partial charge in [0.25, 0.3) is 0 Å². The van der Waals surface area contributed by atoms with Gasteiger partial charge in [0.2, 0.25) is 11.8 Å². The Labute approximate surface area is 107 Å². The van der Waals surface area contributed by atoms with E-state index in [0.29, 0.717) is 27.7 Å². The monoisotopic (exact) mass is 261 g/mol. The molecule has 0 unspecified atom stereocenters. The fourth-order valence-electron chi connectivity index (χ4n) is 1.53. The summed E-state index contributed by atoms with van der Waals surface area (Å²) in [6.45, 7) is 0. The Morgan fingerprint density at radius 2 is 2.06 bits per heavy atom. The first-order valence-electron chi connectivity index (χ1n) is 5.13. The van der Waals surface area contributed by atoms with E-state index in [2.05, 4.69) is 20.2 Å². The highest BCUT2D eigenvalue weighted by molar-refractivity contribution is 6.32. The van der Waals surface area contributed by atoms with E-state index < -0.39 is 0 Å². The molecule has 2 aromatic heterocycles. The van der Waals surface area contributed by atoms with E-state index in [1.807, 2.05) is 12.1 Å². The molecule has 0 radical (unpaired) electrons. The number of benzene rings is 1. The van der Waals surface area contributed by atoms with Crippen molar-refractivity contribution in [2.45, 2.75) is 0 Å². The van der Waals surface area contributed by atoms with E-state index in [1.54, 1.807) is 18.3 Å². The Bertz CT molecular complexity index is 711. The Kier molecular flexibility index (Phi) is 2.49. The Morgan fingerprint density at radius 1 is 1.22 bits per heavy atom.